The number of hydrogen-bond donors (Lipinski definition) is 0. The van der Waals surface area contributed by atoms with Crippen molar-refractivity contribution in [2.45, 2.75) is 57.9 Å². The Morgan fingerprint density at radius 2 is 1.71 bits per heavy atom. The second kappa shape index (κ2) is 8.08. The zero-order valence-corrected chi connectivity index (χ0v) is 17.7. The summed E-state index contributed by atoms with van der Waals surface area (Å²) in [4.78, 5) is 30.7. The zero-order valence-electron chi connectivity index (χ0n) is 16.2. The smallest absolute Gasteiger partial charge is 0.278 e. The van der Waals surface area contributed by atoms with Gasteiger partial charge in [-0.3, -0.25) is 14.5 Å². The molecule has 1 aliphatic carbocycles. The van der Waals surface area contributed by atoms with E-state index < -0.39 is 0 Å². The van der Waals surface area contributed by atoms with Gasteiger partial charge in [-0.2, -0.15) is 0 Å². The van der Waals surface area contributed by atoms with Crippen LogP contribution in [-0.4, -0.2) is 40.7 Å². The van der Waals surface area contributed by atoms with Crippen LogP contribution in [0.15, 0.2) is 23.9 Å². The number of likely N-dealkylation sites (tertiary alicyclic amines) is 1. The Kier molecular flexibility index (Phi) is 5.71. The van der Waals surface area contributed by atoms with E-state index in [0.29, 0.717) is 32.8 Å². The molecule has 6 heteroatoms. The molecule has 4 nitrogen and oxygen atoms in total. The van der Waals surface area contributed by atoms with E-state index >= 15 is 0 Å². The molecule has 1 aromatic rings. The lowest BCUT2D eigenvalue weighted by molar-refractivity contribution is -0.141. The summed E-state index contributed by atoms with van der Waals surface area (Å²) in [5, 5.41) is 0.931. The molecule has 1 saturated carbocycles. The van der Waals surface area contributed by atoms with E-state index in [1.807, 2.05) is 0 Å². The van der Waals surface area contributed by atoms with Gasteiger partial charge in [0.25, 0.3) is 11.8 Å². The highest BCUT2D eigenvalue weighted by atomic mass is 35.5. The van der Waals surface area contributed by atoms with Crippen LogP contribution in [0.25, 0.3) is 5.57 Å². The van der Waals surface area contributed by atoms with Gasteiger partial charge in [0.15, 0.2) is 0 Å². The molecule has 4 rings (SSSR count). The summed E-state index contributed by atoms with van der Waals surface area (Å²) >= 11 is 12.5. The topological polar surface area (TPSA) is 40.6 Å². The van der Waals surface area contributed by atoms with E-state index in [-0.39, 0.29) is 17.9 Å². The number of amides is 2. The van der Waals surface area contributed by atoms with E-state index in [1.54, 1.807) is 18.2 Å². The fourth-order valence-electron chi connectivity index (χ4n) is 4.83. The van der Waals surface area contributed by atoms with Gasteiger partial charge in [-0.05, 0) is 43.7 Å². The number of carbonyl (C=O) groups is 2. The summed E-state index contributed by atoms with van der Waals surface area (Å²) < 4.78 is 0. The highest BCUT2D eigenvalue weighted by molar-refractivity contribution is 6.41. The molecular weight excluding hydrogens is 395 g/mol. The quantitative estimate of drug-likeness (QED) is 0.635. The highest BCUT2D eigenvalue weighted by Gasteiger charge is 2.45. The number of hydrogen-bond acceptors (Lipinski definition) is 3. The lowest BCUT2D eigenvalue weighted by atomic mass is 9.94. The molecule has 1 saturated heterocycles. The maximum atomic E-state index is 13.5. The van der Waals surface area contributed by atoms with Crippen LogP contribution < -0.4 is 0 Å². The Hall–Kier alpha value is -1.52. The van der Waals surface area contributed by atoms with Crippen LogP contribution in [0.4, 0.5) is 0 Å². The molecule has 0 bridgehead atoms. The molecule has 150 valence electrons. The molecule has 0 aromatic heterocycles. The minimum atomic E-state index is -0.200. The molecule has 0 radical (unpaired) electrons. The van der Waals surface area contributed by atoms with Crippen molar-refractivity contribution in [3.05, 3.63) is 39.5 Å². The lowest BCUT2D eigenvalue weighted by Crippen LogP contribution is -2.44. The van der Waals surface area contributed by atoms with Crippen molar-refractivity contribution in [1.29, 1.82) is 0 Å². The summed E-state index contributed by atoms with van der Waals surface area (Å²) in [6.07, 6.45) is 7.26. The van der Waals surface area contributed by atoms with Crippen LogP contribution in [-0.2, 0) is 9.59 Å². The van der Waals surface area contributed by atoms with Gasteiger partial charge in [-0.25, -0.2) is 0 Å². The van der Waals surface area contributed by atoms with Crippen molar-refractivity contribution < 1.29 is 9.59 Å². The largest absolute Gasteiger partial charge is 0.366 e. The van der Waals surface area contributed by atoms with Crippen molar-refractivity contribution in [2.75, 3.05) is 13.1 Å². The predicted molar refractivity (Wildman–Crippen MR) is 112 cm³/mol. The summed E-state index contributed by atoms with van der Waals surface area (Å²) in [7, 11) is 0. The predicted octanol–water partition coefficient (Wildman–Crippen LogP) is 5.14. The van der Waals surface area contributed by atoms with Gasteiger partial charge in [0.05, 0.1) is 10.6 Å². The normalized spacial score (nSPS) is 24.5. The molecule has 1 atom stereocenters. The minimum absolute atomic E-state index is 0.00506. The molecule has 3 aliphatic rings. The van der Waals surface area contributed by atoms with Crippen molar-refractivity contribution in [3.63, 3.8) is 0 Å². The van der Waals surface area contributed by atoms with E-state index in [9.17, 15) is 9.59 Å². The molecule has 0 N–H and O–H groups in total. The van der Waals surface area contributed by atoms with E-state index in [4.69, 9.17) is 23.2 Å². The first-order valence-electron chi connectivity index (χ1n) is 10.3. The first kappa shape index (κ1) is 19.8. The second-order valence-corrected chi connectivity index (χ2v) is 9.16. The second-order valence-electron chi connectivity index (χ2n) is 8.31. The van der Waals surface area contributed by atoms with Gasteiger partial charge in [0.2, 0.25) is 0 Å². The van der Waals surface area contributed by atoms with Gasteiger partial charge in [0.1, 0.15) is 5.70 Å². The standard InChI is InChI=1S/C22H26Cl2N2O2/c1-14-6-5-11-25(13-14)20-19(17-10-9-15(23)12-18(17)24)21(27)26(22(20)28)16-7-3-2-4-8-16/h9-10,12,14,16H,2-8,11,13H2,1H3. The molecule has 2 fully saturated rings. The third-order valence-corrected chi connectivity index (χ3v) is 6.75. The van der Waals surface area contributed by atoms with Crippen LogP contribution in [0.5, 0.6) is 0 Å². The summed E-state index contributed by atoms with van der Waals surface area (Å²) in [6.45, 7) is 3.79. The Labute approximate surface area is 176 Å². The maximum absolute atomic E-state index is 13.5. The summed E-state index contributed by atoms with van der Waals surface area (Å²) in [5.74, 6) is 0.149. The minimum Gasteiger partial charge on any atom is -0.366 e. The molecule has 2 amide bonds. The van der Waals surface area contributed by atoms with E-state index in [0.717, 1.165) is 51.6 Å². The number of benzene rings is 1. The Morgan fingerprint density at radius 1 is 0.964 bits per heavy atom. The van der Waals surface area contributed by atoms with Crippen LogP contribution in [0.3, 0.4) is 0 Å². The number of rotatable bonds is 3. The molecule has 1 aromatic carbocycles. The number of imide groups is 1. The van der Waals surface area contributed by atoms with E-state index in [1.165, 1.54) is 11.3 Å². The van der Waals surface area contributed by atoms with Crippen LogP contribution in [0.2, 0.25) is 10.0 Å². The molecule has 0 spiro atoms. The SMILES string of the molecule is CC1CCCN(C2=C(c3ccc(Cl)cc3Cl)C(=O)N(C3CCCCC3)C2=O)C1. The fraction of sp³-hybridized carbons (Fsp3) is 0.545. The van der Waals surface area contributed by atoms with Crippen LogP contribution in [0, 0.1) is 5.92 Å². The number of piperidine rings is 1. The maximum Gasteiger partial charge on any atom is 0.278 e. The van der Waals surface area contributed by atoms with Crippen molar-refractivity contribution in [2.24, 2.45) is 5.92 Å². The van der Waals surface area contributed by atoms with Crippen molar-refractivity contribution in [1.82, 2.24) is 9.80 Å². The first-order valence-corrected chi connectivity index (χ1v) is 11.1. The molecule has 2 aliphatic heterocycles. The van der Waals surface area contributed by atoms with Gasteiger partial charge in [-0.1, -0.05) is 55.5 Å². The molecular formula is C22H26Cl2N2O2. The van der Waals surface area contributed by atoms with Crippen LogP contribution in [0.1, 0.15) is 57.4 Å². The van der Waals surface area contributed by atoms with Gasteiger partial charge < -0.3 is 4.90 Å². The zero-order chi connectivity index (χ0) is 19.8. The Morgan fingerprint density at radius 3 is 2.39 bits per heavy atom. The third-order valence-electron chi connectivity index (χ3n) is 6.20. The lowest BCUT2D eigenvalue weighted by Gasteiger charge is -2.34. The van der Waals surface area contributed by atoms with E-state index in [2.05, 4.69) is 11.8 Å². The summed E-state index contributed by atoms with van der Waals surface area (Å²) in [6, 6.07) is 5.13. The summed E-state index contributed by atoms with van der Waals surface area (Å²) in [5.41, 5.74) is 1.59. The van der Waals surface area contributed by atoms with Gasteiger partial charge in [0, 0.05) is 29.7 Å². The Bertz CT molecular complexity index is 830. The molecule has 2 heterocycles. The fourth-order valence-corrected chi connectivity index (χ4v) is 5.33. The molecule has 28 heavy (non-hydrogen) atoms. The van der Waals surface area contributed by atoms with Gasteiger partial charge >= 0.3 is 0 Å². The van der Waals surface area contributed by atoms with Crippen molar-refractivity contribution >= 4 is 40.6 Å². The monoisotopic (exact) mass is 420 g/mol. The van der Waals surface area contributed by atoms with Gasteiger partial charge in [-0.15, -0.1) is 0 Å². The average molecular weight is 421 g/mol. The third kappa shape index (κ3) is 3.57. The van der Waals surface area contributed by atoms with Crippen LogP contribution >= 0.6 is 23.2 Å². The average Bonchev–Trinajstić information content (AvgIpc) is 2.93. The first-order chi connectivity index (χ1) is 13.5. The number of carbonyl (C=O) groups excluding carboxylic acids is 2. The number of halogens is 2. The Balaban J connectivity index is 1.79. The molecule has 1 unspecified atom stereocenters. The number of nitrogens with zero attached hydrogens (tertiary/aromatic N) is 2. The van der Waals surface area contributed by atoms with Crippen molar-refractivity contribution in [3.8, 4) is 0 Å². The highest BCUT2D eigenvalue weighted by Crippen LogP contribution is 2.40.